The van der Waals surface area contributed by atoms with Crippen molar-refractivity contribution in [2.24, 2.45) is 0 Å². The van der Waals surface area contributed by atoms with Crippen LogP contribution >= 0.6 is 11.6 Å². The van der Waals surface area contributed by atoms with Crippen LogP contribution in [0.15, 0.2) is 42.7 Å². The van der Waals surface area contributed by atoms with Crippen LogP contribution in [0.2, 0.25) is 5.02 Å². The number of rotatable bonds is 3. The van der Waals surface area contributed by atoms with E-state index in [0.29, 0.717) is 11.4 Å². The van der Waals surface area contributed by atoms with Gasteiger partial charge in [0, 0.05) is 23.1 Å². The van der Waals surface area contributed by atoms with Gasteiger partial charge in [0.25, 0.3) is 0 Å². The number of nitrogens with one attached hydrogen (secondary N) is 1. The fourth-order valence-corrected chi connectivity index (χ4v) is 1.87. The number of carbonyl (C=O) groups is 1. The standard InChI is InChI=1S/C14H13ClN2O/c1-10-8-12(15)2-3-13(10)17-14(18)9-11-4-6-16-7-5-11/h2-8H,9H2,1H3,(H,17,18). The van der Waals surface area contributed by atoms with Crippen LogP contribution in [0.5, 0.6) is 0 Å². The first-order valence-electron chi connectivity index (χ1n) is 5.60. The number of carbonyl (C=O) groups excluding carboxylic acids is 1. The van der Waals surface area contributed by atoms with Crippen LogP contribution in [-0.4, -0.2) is 10.9 Å². The lowest BCUT2D eigenvalue weighted by atomic mass is 10.1. The van der Waals surface area contributed by atoms with E-state index in [-0.39, 0.29) is 5.91 Å². The Labute approximate surface area is 111 Å². The van der Waals surface area contributed by atoms with Gasteiger partial charge in [-0.2, -0.15) is 0 Å². The van der Waals surface area contributed by atoms with Crippen LogP contribution in [-0.2, 0) is 11.2 Å². The Morgan fingerprint density at radius 1 is 1.28 bits per heavy atom. The molecule has 0 saturated carbocycles. The quantitative estimate of drug-likeness (QED) is 0.921. The van der Waals surface area contributed by atoms with Crippen molar-refractivity contribution in [2.75, 3.05) is 5.32 Å². The summed E-state index contributed by atoms with van der Waals surface area (Å²) in [4.78, 5) is 15.8. The van der Waals surface area contributed by atoms with E-state index < -0.39 is 0 Å². The van der Waals surface area contributed by atoms with Crippen LogP contribution in [0.3, 0.4) is 0 Å². The molecule has 0 spiro atoms. The Bertz CT molecular complexity index is 555. The molecule has 1 N–H and O–H groups in total. The Morgan fingerprint density at radius 3 is 2.67 bits per heavy atom. The second-order valence-electron chi connectivity index (χ2n) is 4.04. The lowest BCUT2D eigenvalue weighted by Gasteiger charge is -2.08. The number of halogens is 1. The number of aryl methyl sites for hydroxylation is 1. The highest BCUT2D eigenvalue weighted by Crippen LogP contribution is 2.19. The van der Waals surface area contributed by atoms with Crippen LogP contribution < -0.4 is 5.32 Å². The number of pyridine rings is 1. The van der Waals surface area contributed by atoms with Gasteiger partial charge in [0.2, 0.25) is 5.91 Å². The molecular formula is C14H13ClN2O. The molecular weight excluding hydrogens is 248 g/mol. The first-order valence-corrected chi connectivity index (χ1v) is 5.98. The van der Waals surface area contributed by atoms with Gasteiger partial charge in [0.15, 0.2) is 0 Å². The Hall–Kier alpha value is -1.87. The van der Waals surface area contributed by atoms with Crippen molar-refractivity contribution in [3.63, 3.8) is 0 Å². The molecule has 2 aromatic rings. The van der Waals surface area contributed by atoms with E-state index in [1.54, 1.807) is 18.5 Å². The van der Waals surface area contributed by atoms with E-state index in [2.05, 4.69) is 10.3 Å². The van der Waals surface area contributed by atoms with Gasteiger partial charge in [0.05, 0.1) is 6.42 Å². The molecule has 92 valence electrons. The lowest BCUT2D eigenvalue weighted by molar-refractivity contribution is -0.115. The van der Waals surface area contributed by atoms with Gasteiger partial charge >= 0.3 is 0 Å². The molecule has 0 bridgehead atoms. The fraction of sp³-hybridized carbons (Fsp3) is 0.143. The molecule has 4 heteroatoms. The topological polar surface area (TPSA) is 42.0 Å². The molecule has 0 radical (unpaired) electrons. The van der Waals surface area contributed by atoms with Crippen molar-refractivity contribution in [1.82, 2.24) is 4.98 Å². The second-order valence-corrected chi connectivity index (χ2v) is 4.48. The Kier molecular flexibility index (Phi) is 3.95. The molecule has 0 saturated heterocycles. The lowest BCUT2D eigenvalue weighted by Crippen LogP contribution is -2.15. The number of hydrogen-bond acceptors (Lipinski definition) is 2. The summed E-state index contributed by atoms with van der Waals surface area (Å²) in [7, 11) is 0. The summed E-state index contributed by atoms with van der Waals surface area (Å²) in [6, 6.07) is 9.05. The van der Waals surface area contributed by atoms with E-state index in [4.69, 9.17) is 11.6 Å². The second kappa shape index (κ2) is 5.65. The summed E-state index contributed by atoms with van der Waals surface area (Å²) in [5.74, 6) is -0.0494. The smallest absolute Gasteiger partial charge is 0.228 e. The van der Waals surface area contributed by atoms with Crippen molar-refractivity contribution in [3.8, 4) is 0 Å². The molecule has 1 aromatic carbocycles. The fourth-order valence-electron chi connectivity index (χ4n) is 1.65. The zero-order valence-electron chi connectivity index (χ0n) is 9.98. The summed E-state index contributed by atoms with van der Waals surface area (Å²) in [6.07, 6.45) is 3.69. The van der Waals surface area contributed by atoms with Crippen molar-refractivity contribution in [2.45, 2.75) is 13.3 Å². The van der Waals surface area contributed by atoms with Gasteiger partial charge in [-0.05, 0) is 48.4 Å². The van der Waals surface area contributed by atoms with E-state index in [1.165, 1.54) is 0 Å². The van der Waals surface area contributed by atoms with Gasteiger partial charge in [-0.15, -0.1) is 0 Å². The predicted octanol–water partition coefficient (Wildman–Crippen LogP) is 3.22. The van der Waals surface area contributed by atoms with Gasteiger partial charge < -0.3 is 5.32 Å². The highest BCUT2D eigenvalue weighted by molar-refractivity contribution is 6.30. The number of hydrogen-bond donors (Lipinski definition) is 1. The molecule has 0 atom stereocenters. The average molecular weight is 261 g/mol. The zero-order valence-corrected chi connectivity index (χ0v) is 10.7. The first kappa shape index (κ1) is 12.6. The van der Waals surface area contributed by atoms with Crippen molar-refractivity contribution < 1.29 is 4.79 Å². The third-order valence-electron chi connectivity index (χ3n) is 2.58. The minimum Gasteiger partial charge on any atom is -0.326 e. The van der Waals surface area contributed by atoms with Crippen LogP contribution in [0.4, 0.5) is 5.69 Å². The highest BCUT2D eigenvalue weighted by atomic mass is 35.5. The number of amides is 1. The molecule has 0 aliphatic heterocycles. The molecule has 2 rings (SSSR count). The maximum absolute atomic E-state index is 11.9. The summed E-state index contributed by atoms with van der Waals surface area (Å²) in [5, 5.41) is 3.53. The van der Waals surface area contributed by atoms with Crippen LogP contribution in [0.25, 0.3) is 0 Å². The number of anilines is 1. The largest absolute Gasteiger partial charge is 0.326 e. The number of aromatic nitrogens is 1. The van der Waals surface area contributed by atoms with Crippen LogP contribution in [0.1, 0.15) is 11.1 Å². The zero-order chi connectivity index (χ0) is 13.0. The average Bonchev–Trinajstić information content (AvgIpc) is 2.34. The third kappa shape index (κ3) is 3.31. The Morgan fingerprint density at radius 2 is 2.00 bits per heavy atom. The maximum Gasteiger partial charge on any atom is 0.228 e. The first-order chi connectivity index (χ1) is 8.65. The number of benzene rings is 1. The van der Waals surface area contributed by atoms with Crippen molar-refractivity contribution >= 4 is 23.2 Å². The van der Waals surface area contributed by atoms with Crippen LogP contribution in [0, 0.1) is 6.92 Å². The molecule has 1 heterocycles. The van der Waals surface area contributed by atoms with E-state index in [9.17, 15) is 4.79 Å². The van der Waals surface area contributed by atoms with E-state index in [0.717, 1.165) is 16.8 Å². The highest BCUT2D eigenvalue weighted by Gasteiger charge is 2.06. The van der Waals surface area contributed by atoms with E-state index in [1.807, 2.05) is 31.2 Å². The summed E-state index contributed by atoms with van der Waals surface area (Å²) >= 11 is 5.86. The Balaban J connectivity index is 2.03. The molecule has 1 aromatic heterocycles. The third-order valence-corrected chi connectivity index (χ3v) is 2.81. The minimum atomic E-state index is -0.0494. The minimum absolute atomic E-state index is 0.0494. The molecule has 0 fully saturated rings. The molecule has 0 unspecified atom stereocenters. The van der Waals surface area contributed by atoms with Gasteiger partial charge in [-0.3, -0.25) is 9.78 Å². The molecule has 0 aliphatic rings. The molecule has 3 nitrogen and oxygen atoms in total. The normalized spacial score (nSPS) is 10.1. The van der Waals surface area contributed by atoms with Crippen molar-refractivity contribution in [1.29, 1.82) is 0 Å². The SMILES string of the molecule is Cc1cc(Cl)ccc1NC(=O)Cc1ccncc1. The predicted molar refractivity (Wildman–Crippen MR) is 72.8 cm³/mol. The monoisotopic (exact) mass is 260 g/mol. The maximum atomic E-state index is 11.9. The van der Waals surface area contributed by atoms with Gasteiger partial charge in [-0.1, -0.05) is 11.6 Å². The molecule has 1 amide bonds. The van der Waals surface area contributed by atoms with Gasteiger partial charge in [0.1, 0.15) is 0 Å². The summed E-state index contributed by atoms with van der Waals surface area (Å²) in [6.45, 7) is 1.91. The van der Waals surface area contributed by atoms with Crippen molar-refractivity contribution in [3.05, 3.63) is 58.9 Å². The van der Waals surface area contributed by atoms with E-state index >= 15 is 0 Å². The van der Waals surface area contributed by atoms with Gasteiger partial charge in [-0.25, -0.2) is 0 Å². The summed E-state index contributed by atoms with van der Waals surface area (Å²) in [5.41, 5.74) is 2.68. The molecule has 0 aliphatic carbocycles. The summed E-state index contributed by atoms with van der Waals surface area (Å²) < 4.78 is 0. The molecule has 18 heavy (non-hydrogen) atoms. The number of nitrogens with zero attached hydrogens (tertiary/aromatic N) is 1.